The van der Waals surface area contributed by atoms with Gasteiger partial charge in [-0.05, 0) is 18.4 Å². The van der Waals surface area contributed by atoms with Crippen LogP contribution in [-0.4, -0.2) is 39.5 Å². The molecule has 7 nitrogen and oxygen atoms in total. The van der Waals surface area contributed by atoms with E-state index in [0.29, 0.717) is 19.4 Å². The van der Waals surface area contributed by atoms with Crippen LogP contribution in [0.5, 0.6) is 0 Å². The lowest BCUT2D eigenvalue weighted by molar-refractivity contribution is -0.139. The standard InChI is InChI=1S/C13H22N4O3/c1-9(2)8-11(12(18)19)15-13(20)14-6-4-10-5-7-17(3)16-10/h5,7,9,11H,4,6,8H2,1-3H3,(H,18,19)(H2,14,15,20)/t11-/m1/s1. The van der Waals surface area contributed by atoms with Gasteiger partial charge in [0.15, 0.2) is 0 Å². The second-order valence-corrected chi connectivity index (χ2v) is 5.15. The first-order valence-corrected chi connectivity index (χ1v) is 6.64. The van der Waals surface area contributed by atoms with Crippen LogP contribution < -0.4 is 10.6 Å². The van der Waals surface area contributed by atoms with Gasteiger partial charge in [-0.1, -0.05) is 13.8 Å². The fourth-order valence-electron chi connectivity index (χ4n) is 1.80. The highest BCUT2D eigenvalue weighted by atomic mass is 16.4. The summed E-state index contributed by atoms with van der Waals surface area (Å²) >= 11 is 0. The van der Waals surface area contributed by atoms with Crippen molar-refractivity contribution < 1.29 is 14.7 Å². The molecule has 3 N–H and O–H groups in total. The highest BCUT2D eigenvalue weighted by molar-refractivity contribution is 5.82. The molecular formula is C13H22N4O3. The Morgan fingerprint density at radius 3 is 2.65 bits per heavy atom. The van der Waals surface area contributed by atoms with Crippen molar-refractivity contribution in [3.63, 3.8) is 0 Å². The SMILES string of the molecule is CC(C)C[C@@H](NC(=O)NCCc1ccn(C)n1)C(=O)O. The average molecular weight is 282 g/mol. The minimum atomic E-state index is -1.02. The van der Waals surface area contributed by atoms with Crippen molar-refractivity contribution in [1.82, 2.24) is 20.4 Å². The predicted octanol–water partition coefficient (Wildman–Crippen LogP) is 0.761. The predicted molar refractivity (Wildman–Crippen MR) is 74.3 cm³/mol. The Kier molecular flexibility index (Phi) is 6.02. The number of hydrogen-bond donors (Lipinski definition) is 3. The lowest BCUT2D eigenvalue weighted by Crippen LogP contribution is -2.47. The maximum absolute atomic E-state index is 11.6. The molecule has 0 aromatic carbocycles. The van der Waals surface area contributed by atoms with Crippen LogP contribution >= 0.6 is 0 Å². The van der Waals surface area contributed by atoms with Gasteiger partial charge in [0.2, 0.25) is 0 Å². The molecule has 0 bridgehead atoms. The largest absolute Gasteiger partial charge is 0.480 e. The molecule has 0 saturated heterocycles. The van der Waals surface area contributed by atoms with Gasteiger partial charge in [-0.25, -0.2) is 9.59 Å². The van der Waals surface area contributed by atoms with Crippen LogP contribution in [0.15, 0.2) is 12.3 Å². The van der Waals surface area contributed by atoms with E-state index in [1.165, 1.54) is 0 Å². The van der Waals surface area contributed by atoms with Crippen molar-refractivity contribution in [2.45, 2.75) is 32.7 Å². The molecular weight excluding hydrogens is 260 g/mol. The summed E-state index contributed by atoms with van der Waals surface area (Å²) in [7, 11) is 1.83. The molecule has 0 spiro atoms. The monoisotopic (exact) mass is 282 g/mol. The molecule has 1 heterocycles. The van der Waals surface area contributed by atoms with Crippen LogP contribution in [0.4, 0.5) is 4.79 Å². The van der Waals surface area contributed by atoms with Crippen LogP contribution in [0.3, 0.4) is 0 Å². The molecule has 0 unspecified atom stereocenters. The number of aliphatic carboxylic acids is 1. The summed E-state index contributed by atoms with van der Waals surface area (Å²) in [4.78, 5) is 22.6. The van der Waals surface area contributed by atoms with E-state index in [9.17, 15) is 9.59 Å². The number of carboxylic acids is 1. The van der Waals surface area contributed by atoms with Crippen molar-refractivity contribution in [3.05, 3.63) is 18.0 Å². The second-order valence-electron chi connectivity index (χ2n) is 5.15. The lowest BCUT2D eigenvalue weighted by atomic mass is 10.0. The van der Waals surface area contributed by atoms with Crippen LogP contribution in [0.1, 0.15) is 26.0 Å². The Bertz CT molecular complexity index is 456. The van der Waals surface area contributed by atoms with E-state index >= 15 is 0 Å². The molecule has 1 aromatic rings. The summed E-state index contributed by atoms with van der Waals surface area (Å²) in [5, 5.41) is 18.3. The molecule has 0 aliphatic carbocycles. The number of amides is 2. The van der Waals surface area contributed by atoms with E-state index in [-0.39, 0.29) is 5.92 Å². The van der Waals surface area contributed by atoms with Crippen molar-refractivity contribution in [2.24, 2.45) is 13.0 Å². The van der Waals surface area contributed by atoms with Crippen LogP contribution in [0.2, 0.25) is 0 Å². The van der Waals surface area contributed by atoms with E-state index in [0.717, 1.165) is 5.69 Å². The summed E-state index contributed by atoms with van der Waals surface area (Å²) in [5.74, 6) is -0.816. The van der Waals surface area contributed by atoms with Gasteiger partial charge >= 0.3 is 12.0 Å². The third-order valence-corrected chi connectivity index (χ3v) is 2.75. The van der Waals surface area contributed by atoms with Gasteiger partial charge in [-0.2, -0.15) is 5.10 Å². The quantitative estimate of drug-likeness (QED) is 0.688. The van der Waals surface area contributed by atoms with Gasteiger partial charge in [0.25, 0.3) is 0 Å². The summed E-state index contributed by atoms with van der Waals surface area (Å²) in [6.07, 6.45) is 2.84. The Morgan fingerprint density at radius 2 is 2.15 bits per heavy atom. The van der Waals surface area contributed by atoms with Gasteiger partial charge < -0.3 is 15.7 Å². The molecule has 7 heteroatoms. The smallest absolute Gasteiger partial charge is 0.326 e. The van der Waals surface area contributed by atoms with Gasteiger partial charge in [0.05, 0.1) is 5.69 Å². The van der Waals surface area contributed by atoms with Gasteiger partial charge in [-0.3, -0.25) is 4.68 Å². The maximum atomic E-state index is 11.6. The number of rotatable bonds is 7. The van der Waals surface area contributed by atoms with Crippen molar-refractivity contribution in [2.75, 3.05) is 6.54 Å². The minimum absolute atomic E-state index is 0.199. The normalized spacial score (nSPS) is 12.2. The Hall–Kier alpha value is -2.05. The number of hydrogen-bond acceptors (Lipinski definition) is 3. The van der Waals surface area contributed by atoms with Crippen LogP contribution in [-0.2, 0) is 18.3 Å². The van der Waals surface area contributed by atoms with E-state index in [4.69, 9.17) is 5.11 Å². The van der Waals surface area contributed by atoms with Crippen molar-refractivity contribution >= 4 is 12.0 Å². The number of urea groups is 1. The second kappa shape index (κ2) is 7.52. The highest BCUT2D eigenvalue weighted by Crippen LogP contribution is 2.04. The number of nitrogens with zero attached hydrogens (tertiary/aromatic N) is 2. The zero-order chi connectivity index (χ0) is 15.1. The van der Waals surface area contributed by atoms with Gasteiger partial charge in [0.1, 0.15) is 6.04 Å². The Labute approximate surface area is 118 Å². The minimum Gasteiger partial charge on any atom is -0.480 e. The summed E-state index contributed by atoms with van der Waals surface area (Å²) in [6, 6.07) is 0.553. The van der Waals surface area contributed by atoms with Gasteiger partial charge in [-0.15, -0.1) is 0 Å². The molecule has 1 atom stereocenters. The van der Waals surface area contributed by atoms with E-state index < -0.39 is 18.0 Å². The lowest BCUT2D eigenvalue weighted by Gasteiger charge is -2.16. The molecule has 1 rings (SSSR count). The third kappa shape index (κ3) is 5.73. The first-order chi connectivity index (χ1) is 9.38. The molecule has 0 saturated carbocycles. The number of carbonyl (C=O) groups excluding carboxylic acids is 1. The fourth-order valence-corrected chi connectivity index (χ4v) is 1.80. The third-order valence-electron chi connectivity index (χ3n) is 2.75. The zero-order valence-electron chi connectivity index (χ0n) is 12.1. The number of carboxylic acid groups (broad SMARTS) is 1. The average Bonchev–Trinajstić information content (AvgIpc) is 2.73. The number of aryl methyl sites for hydroxylation is 1. The molecule has 0 fully saturated rings. The topological polar surface area (TPSA) is 96.3 Å². The van der Waals surface area contributed by atoms with Crippen LogP contribution in [0.25, 0.3) is 0 Å². The van der Waals surface area contributed by atoms with E-state index in [1.807, 2.05) is 33.2 Å². The molecule has 0 radical (unpaired) electrons. The number of carbonyl (C=O) groups is 2. The Morgan fingerprint density at radius 1 is 1.45 bits per heavy atom. The van der Waals surface area contributed by atoms with Crippen LogP contribution in [0, 0.1) is 5.92 Å². The van der Waals surface area contributed by atoms with Crippen molar-refractivity contribution in [3.8, 4) is 0 Å². The fraction of sp³-hybridized carbons (Fsp3) is 0.615. The van der Waals surface area contributed by atoms with Gasteiger partial charge in [0, 0.05) is 26.2 Å². The first kappa shape index (κ1) is 16.0. The summed E-state index contributed by atoms with van der Waals surface area (Å²) in [6.45, 7) is 4.24. The summed E-state index contributed by atoms with van der Waals surface area (Å²) < 4.78 is 1.69. The number of aromatic nitrogens is 2. The molecule has 112 valence electrons. The highest BCUT2D eigenvalue weighted by Gasteiger charge is 2.20. The summed E-state index contributed by atoms with van der Waals surface area (Å²) in [5.41, 5.74) is 0.879. The van der Waals surface area contributed by atoms with Crippen molar-refractivity contribution in [1.29, 1.82) is 0 Å². The Balaban J connectivity index is 2.32. The zero-order valence-corrected chi connectivity index (χ0v) is 12.1. The molecule has 0 aliphatic heterocycles. The van der Waals surface area contributed by atoms with E-state index in [1.54, 1.807) is 4.68 Å². The molecule has 20 heavy (non-hydrogen) atoms. The first-order valence-electron chi connectivity index (χ1n) is 6.64. The molecule has 0 aliphatic rings. The number of nitrogens with one attached hydrogen (secondary N) is 2. The molecule has 2 amide bonds. The maximum Gasteiger partial charge on any atom is 0.326 e. The molecule has 1 aromatic heterocycles. The van der Waals surface area contributed by atoms with E-state index in [2.05, 4.69) is 15.7 Å².